The van der Waals surface area contributed by atoms with E-state index in [-0.39, 0.29) is 53.7 Å². The number of carbonyl (C=O) groups excluding carboxylic acids is 4. The van der Waals surface area contributed by atoms with Crippen molar-refractivity contribution in [3.05, 3.63) is 59.7 Å². The van der Waals surface area contributed by atoms with Gasteiger partial charge in [0.05, 0.1) is 10.7 Å². The Morgan fingerprint density at radius 1 is 1.02 bits per heavy atom. The van der Waals surface area contributed by atoms with E-state index in [2.05, 4.69) is 17.6 Å². The number of unbranched alkanes of at least 4 members (excludes halogenated alkanes) is 4. The summed E-state index contributed by atoms with van der Waals surface area (Å²) in [6, 6.07) is 9.21. The van der Waals surface area contributed by atoms with Gasteiger partial charge in [0.25, 0.3) is 0 Å². The molecule has 0 spiro atoms. The number of hydrogen-bond acceptors (Lipinski definition) is 8. The van der Waals surface area contributed by atoms with E-state index in [1.165, 1.54) is 24.3 Å². The van der Waals surface area contributed by atoms with Crippen molar-refractivity contribution in [3.63, 3.8) is 0 Å². The smallest absolute Gasteiger partial charge is 0.326 e. The minimum atomic E-state index is -4.01. The maximum absolute atomic E-state index is 13.1. The van der Waals surface area contributed by atoms with Gasteiger partial charge in [-0.05, 0) is 61.6 Å². The number of nitrogens with two attached hydrogens (primary N) is 1. The Hall–Kier alpha value is -4.43. The normalized spacial score (nSPS) is 15.5. The third-order valence-electron chi connectivity index (χ3n) is 7.82. The number of nitrogens with zero attached hydrogens (tertiary/aromatic N) is 1. The topological polar surface area (TPSA) is 217 Å². The number of amides is 2. The van der Waals surface area contributed by atoms with Crippen LogP contribution in [0.4, 0.5) is 5.69 Å². The largest absolute Gasteiger partial charge is 0.480 e. The number of amidine groups is 1. The van der Waals surface area contributed by atoms with Gasteiger partial charge in [0.1, 0.15) is 12.1 Å². The fraction of sp³-hybridized carbons (Fsp3) is 0.455. The number of carboxylic acids is 1. The molecule has 6 N–H and O–H groups in total. The van der Waals surface area contributed by atoms with Gasteiger partial charge < -0.3 is 21.5 Å². The first kappa shape index (κ1) is 37.0. The zero-order chi connectivity index (χ0) is 34.6. The maximum Gasteiger partial charge on any atom is 0.326 e. The minimum absolute atomic E-state index is 0.0103. The molecule has 1 aliphatic rings. The molecule has 0 bridgehead atoms. The van der Waals surface area contributed by atoms with Crippen molar-refractivity contribution in [2.45, 2.75) is 94.5 Å². The number of anilines is 1. The first-order chi connectivity index (χ1) is 22.3. The molecule has 47 heavy (non-hydrogen) atoms. The zero-order valence-corrected chi connectivity index (χ0v) is 27.3. The molecule has 13 nitrogen and oxygen atoms in total. The Labute approximate surface area is 274 Å². The number of hydrogen-bond donors (Lipinski definition) is 5. The average Bonchev–Trinajstić information content (AvgIpc) is 3.53. The van der Waals surface area contributed by atoms with Crippen molar-refractivity contribution in [1.29, 1.82) is 5.41 Å². The summed E-state index contributed by atoms with van der Waals surface area (Å²) < 4.78 is 27.3. The molecule has 1 heterocycles. The molecule has 2 aromatic rings. The Morgan fingerprint density at radius 2 is 1.72 bits per heavy atom. The van der Waals surface area contributed by atoms with E-state index >= 15 is 0 Å². The van der Waals surface area contributed by atoms with Gasteiger partial charge >= 0.3 is 5.97 Å². The van der Waals surface area contributed by atoms with Crippen LogP contribution in [0.1, 0.15) is 87.1 Å². The highest BCUT2D eigenvalue weighted by molar-refractivity contribution is 7.89. The second-order valence-electron chi connectivity index (χ2n) is 11.6. The number of nitrogens with one attached hydrogen (secondary N) is 3. The van der Waals surface area contributed by atoms with Crippen LogP contribution in [0.25, 0.3) is 0 Å². The summed E-state index contributed by atoms with van der Waals surface area (Å²) in [5, 5.41) is 22.5. The summed E-state index contributed by atoms with van der Waals surface area (Å²) >= 11 is 0. The first-order valence-electron chi connectivity index (χ1n) is 15.8. The van der Waals surface area contributed by atoms with E-state index in [1.807, 2.05) is 0 Å². The van der Waals surface area contributed by atoms with Crippen molar-refractivity contribution in [2.24, 2.45) is 5.73 Å². The van der Waals surface area contributed by atoms with Gasteiger partial charge in [-0.15, -0.1) is 0 Å². The summed E-state index contributed by atoms with van der Waals surface area (Å²) in [5.74, 6) is -4.56. The zero-order valence-electron chi connectivity index (χ0n) is 26.5. The Morgan fingerprint density at radius 3 is 2.38 bits per heavy atom. The average molecular weight is 670 g/mol. The quantitative estimate of drug-likeness (QED) is 0.0486. The van der Waals surface area contributed by atoms with Gasteiger partial charge in [-0.2, -0.15) is 4.31 Å². The fourth-order valence-corrected chi connectivity index (χ4v) is 7.10. The Kier molecular flexibility index (Phi) is 13.8. The van der Waals surface area contributed by atoms with Crippen LogP contribution in [0.3, 0.4) is 0 Å². The van der Waals surface area contributed by atoms with Gasteiger partial charge in [-0.1, -0.05) is 50.8 Å². The van der Waals surface area contributed by atoms with Crippen LogP contribution in [0.5, 0.6) is 0 Å². The highest BCUT2D eigenvalue weighted by Crippen LogP contribution is 2.26. The number of benzene rings is 2. The van der Waals surface area contributed by atoms with Crippen molar-refractivity contribution in [1.82, 2.24) is 9.62 Å². The summed E-state index contributed by atoms with van der Waals surface area (Å²) in [6.07, 6.45) is 4.71. The van der Waals surface area contributed by atoms with Gasteiger partial charge in [0.15, 0.2) is 0 Å². The molecule has 1 fully saturated rings. The molecule has 2 atom stereocenters. The van der Waals surface area contributed by atoms with Crippen LogP contribution in [0.2, 0.25) is 0 Å². The van der Waals surface area contributed by atoms with E-state index in [9.17, 15) is 37.5 Å². The molecule has 254 valence electrons. The highest BCUT2D eigenvalue weighted by atomic mass is 32.2. The molecule has 0 aromatic heterocycles. The molecule has 0 aliphatic carbocycles. The monoisotopic (exact) mass is 669 g/mol. The highest BCUT2D eigenvalue weighted by Gasteiger charge is 2.40. The lowest BCUT2D eigenvalue weighted by Gasteiger charge is -2.25. The lowest BCUT2D eigenvalue weighted by molar-refractivity contribution is -0.142. The first-order valence-corrected chi connectivity index (χ1v) is 17.2. The molecular formula is C33H43N5O8S. The number of aliphatic carboxylic acids is 1. The van der Waals surface area contributed by atoms with Gasteiger partial charge in [0, 0.05) is 37.1 Å². The molecule has 2 aromatic carbocycles. The minimum Gasteiger partial charge on any atom is -0.480 e. The Bertz CT molecular complexity index is 1580. The number of sulfonamides is 1. The summed E-state index contributed by atoms with van der Waals surface area (Å²) in [5.41, 5.74) is 6.17. The summed E-state index contributed by atoms with van der Waals surface area (Å²) in [6.45, 7) is 2.19. The number of carbonyl (C=O) groups is 5. The molecule has 3 rings (SSSR count). The second kappa shape index (κ2) is 17.5. The number of carboxylic acid groups (broad SMARTS) is 1. The van der Waals surface area contributed by atoms with Crippen LogP contribution in [0.15, 0.2) is 53.4 Å². The number of rotatable bonds is 19. The molecule has 1 saturated heterocycles. The number of ketones is 2. The standard InChI is InChI=1S/C33H43N5O8S/c1-2-3-4-5-9-14-30(40)36-24-19-22(20-29(34)35)18-23(21-24)31(41)28(39)16-15-26(33(43)44)37-32(42)27-13-10-17-38(27)47(45,46)25-11-7-6-8-12-25/h6-8,11-12,18-19,21,26-27H,2-5,9-10,13-17,20H2,1H3,(H3,34,35)(H,36,40)(H,37,42)(H,43,44)/t26-,27-/m0/s1. The molecule has 1 aliphatic heterocycles. The predicted molar refractivity (Wildman–Crippen MR) is 176 cm³/mol. The second-order valence-corrected chi connectivity index (χ2v) is 13.5. The van der Waals surface area contributed by atoms with Crippen LogP contribution in [0, 0.1) is 5.41 Å². The molecule has 0 saturated carbocycles. The van der Waals surface area contributed by atoms with E-state index in [0.717, 1.165) is 30.0 Å². The van der Waals surface area contributed by atoms with Crippen LogP contribution < -0.4 is 16.4 Å². The third kappa shape index (κ3) is 10.8. The van der Waals surface area contributed by atoms with Crippen molar-refractivity contribution >= 4 is 50.9 Å². The Balaban J connectivity index is 1.66. The lowest BCUT2D eigenvalue weighted by atomic mass is 9.98. The molecular weight excluding hydrogens is 626 g/mol. The van der Waals surface area contributed by atoms with Crippen molar-refractivity contribution < 1.29 is 37.5 Å². The van der Waals surface area contributed by atoms with E-state index in [0.29, 0.717) is 18.4 Å². The van der Waals surface area contributed by atoms with Gasteiger partial charge in [-0.3, -0.25) is 24.6 Å². The maximum atomic E-state index is 13.1. The van der Waals surface area contributed by atoms with Crippen molar-refractivity contribution in [2.75, 3.05) is 11.9 Å². The summed E-state index contributed by atoms with van der Waals surface area (Å²) in [4.78, 5) is 63.7. The molecule has 0 radical (unpaired) electrons. The van der Waals surface area contributed by atoms with E-state index in [1.54, 1.807) is 24.3 Å². The van der Waals surface area contributed by atoms with Crippen LogP contribution in [-0.2, 0) is 35.6 Å². The molecule has 14 heteroatoms. The van der Waals surface area contributed by atoms with Crippen LogP contribution >= 0.6 is 0 Å². The van der Waals surface area contributed by atoms with Gasteiger partial charge in [-0.25, -0.2) is 13.2 Å². The summed E-state index contributed by atoms with van der Waals surface area (Å²) in [7, 11) is -4.01. The third-order valence-corrected chi connectivity index (χ3v) is 9.75. The van der Waals surface area contributed by atoms with Gasteiger partial charge in [0.2, 0.25) is 33.4 Å². The van der Waals surface area contributed by atoms with E-state index < -0.39 is 58.4 Å². The molecule has 0 unspecified atom stereocenters. The van der Waals surface area contributed by atoms with E-state index in [4.69, 9.17) is 11.1 Å². The fourth-order valence-electron chi connectivity index (χ4n) is 5.42. The molecule has 2 amide bonds. The van der Waals surface area contributed by atoms with Crippen molar-refractivity contribution in [3.8, 4) is 0 Å². The lowest BCUT2D eigenvalue weighted by Crippen LogP contribution is -2.50. The van der Waals surface area contributed by atoms with Crippen LogP contribution in [-0.4, -0.2) is 71.6 Å². The number of Topliss-reactive ketones (excluding diaryl/α,β-unsaturated/α-hetero) is 2. The predicted octanol–water partition coefficient (Wildman–Crippen LogP) is 3.42. The SMILES string of the molecule is CCCCCCCC(=O)Nc1cc(CC(=N)N)cc(C(=O)C(=O)CC[C@H](NC(=O)[C@@H]2CCCN2S(=O)(=O)c2ccccc2)C(=O)O)c1.